The molecule has 2 bridgehead atoms. The highest BCUT2D eigenvalue weighted by Gasteiger charge is 2.42. The van der Waals surface area contributed by atoms with Crippen molar-refractivity contribution in [2.45, 2.75) is 45.3 Å². The summed E-state index contributed by atoms with van der Waals surface area (Å²) in [5, 5.41) is 3.24. The Balaban J connectivity index is 1.21. The minimum atomic E-state index is -0.269. The normalized spacial score (nSPS) is 26.2. The van der Waals surface area contributed by atoms with Gasteiger partial charge in [-0.25, -0.2) is 4.79 Å². The Labute approximate surface area is 208 Å². The van der Waals surface area contributed by atoms with Crippen molar-refractivity contribution in [3.63, 3.8) is 0 Å². The maximum atomic E-state index is 12.9. The van der Waals surface area contributed by atoms with E-state index in [4.69, 9.17) is 4.74 Å². The first-order chi connectivity index (χ1) is 17.0. The van der Waals surface area contributed by atoms with Gasteiger partial charge in [0, 0.05) is 6.54 Å². The Morgan fingerprint density at radius 2 is 1.57 bits per heavy atom. The van der Waals surface area contributed by atoms with Crippen molar-refractivity contribution in [1.82, 2.24) is 10.2 Å². The lowest BCUT2D eigenvalue weighted by atomic mass is 9.85. The van der Waals surface area contributed by atoms with Gasteiger partial charge in [0.2, 0.25) is 0 Å². The molecule has 0 radical (unpaired) electrons. The number of piperidine rings is 3. The van der Waals surface area contributed by atoms with Crippen molar-refractivity contribution in [3.05, 3.63) is 83.9 Å². The van der Waals surface area contributed by atoms with E-state index >= 15 is 0 Å². The van der Waals surface area contributed by atoms with Gasteiger partial charge in [0.1, 0.15) is 6.10 Å². The molecule has 2 atom stereocenters. The summed E-state index contributed by atoms with van der Waals surface area (Å²) >= 11 is 0. The van der Waals surface area contributed by atoms with Crippen LogP contribution in [0.15, 0.2) is 72.8 Å². The van der Waals surface area contributed by atoms with Crippen LogP contribution in [-0.2, 0) is 11.2 Å². The Kier molecular flexibility index (Phi) is 5.64. The van der Waals surface area contributed by atoms with Gasteiger partial charge in [-0.05, 0) is 83.1 Å². The average molecular weight is 467 g/mol. The van der Waals surface area contributed by atoms with E-state index in [2.05, 4.69) is 90.8 Å². The van der Waals surface area contributed by atoms with E-state index in [1.54, 1.807) is 0 Å². The summed E-state index contributed by atoms with van der Waals surface area (Å²) in [4.78, 5) is 15.4. The van der Waals surface area contributed by atoms with E-state index in [9.17, 15) is 4.79 Å². The molecule has 1 N–H and O–H groups in total. The van der Waals surface area contributed by atoms with Crippen LogP contribution in [0.1, 0.15) is 43.9 Å². The summed E-state index contributed by atoms with van der Waals surface area (Å²) in [5.74, 6) is 0.517. The minimum absolute atomic E-state index is 0.0285. The van der Waals surface area contributed by atoms with Crippen molar-refractivity contribution >= 4 is 6.09 Å². The number of amides is 1. The number of benzene rings is 3. The van der Waals surface area contributed by atoms with E-state index in [1.807, 2.05) is 6.07 Å². The van der Waals surface area contributed by atoms with Gasteiger partial charge in [0.05, 0.1) is 6.04 Å². The number of carbonyl (C=O) groups is 1. The van der Waals surface area contributed by atoms with Crippen LogP contribution in [0.25, 0.3) is 22.3 Å². The third-order valence-corrected chi connectivity index (χ3v) is 8.30. The Bertz CT molecular complexity index is 1230. The van der Waals surface area contributed by atoms with E-state index in [1.165, 1.54) is 33.4 Å². The highest BCUT2D eigenvalue weighted by Crippen LogP contribution is 2.46. The largest absolute Gasteiger partial charge is 0.445 e. The molecule has 1 amide bonds. The van der Waals surface area contributed by atoms with Crippen LogP contribution >= 0.6 is 0 Å². The fourth-order valence-electron chi connectivity index (χ4n) is 6.35. The molecule has 35 heavy (non-hydrogen) atoms. The number of alkyl carbamates (subject to hydrolysis) is 1. The van der Waals surface area contributed by atoms with Crippen LogP contribution in [0.5, 0.6) is 0 Å². The molecule has 3 saturated heterocycles. The van der Waals surface area contributed by atoms with E-state index in [0.717, 1.165) is 38.9 Å². The zero-order valence-electron chi connectivity index (χ0n) is 20.7. The van der Waals surface area contributed by atoms with Gasteiger partial charge in [0.25, 0.3) is 0 Å². The van der Waals surface area contributed by atoms with E-state index in [-0.39, 0.29) is 23.7 Å². The van der Waals surface area contributed by atoms with Crippen molar-refractivity contribution in [3.8, 4) is 22.3 Å². The third-order valence-electron chi connectivity index (χ3n) is 8.30. The van der Waals surface area contributed by atoms with Crippen molar-refractivity contribution in [1.29, 1.82) is 0 Å². The maximum Gasteiger partial charge on any atom is 0.407 e. The molecule has 0 spiro atoms. The molecule has 3 aliphatic heterocycles. The number of hydrogen-bond donors (Lipinski definition) is 1. The topological polar surface area (TPSA) is 41.6 Å². The smallest absolute Gasteiger partial charge is 0.407 e. The lowest BCUT2D eigenvalue weighted by Crippen LogP contribution is -2.53. The monoisotopic (exact) mass is 466 g/mol. The lowest BCUT2D eigenvalue weighted by Gasteiger charge is -2.44. The van der Waals surface area contributed by atoms with Crippen LogP contribution in [0.3, 0.4) is 0 Å². The number of fused-ring (bicyclic) bond motifs is 4. The molecule has 3 aromatic carbocycles. The minimum Gasteiger partial charge on any atom is -0.445 e. The summed E-state index contributed by atoms with van der Waals surface area (Å²) < 4.78 is 5.95. The predicted octanol–water partition coefficient (Wildman–Crippen LogP) is 6.46. The molecule has 0 aromatic heterocycles. The fourth-order valence-corrected chi connectivity index (χ4v) is 6.35. The number of ether oxygens (including phenoxy) is 1. The molecule has 180 valence electrons. The van der Waals surface area contributed by atoms with Gasteiger partial charge < -0.3 is 10.1 Å². The molecule has 4 heteroatoms. The van der Waals surface area contributed by atoms with Gasteiger partial charge in [-0.3, -0.25) is 4.90 Å². The van der Waals surface area contributed by atoms with Gasteiger partial charge in [-0.2, -0.15) is 0 Å². The Morgan fingerprint density at radius 1 is 0.886 bits per heavy atom. The molecule has 3 fully saturated rings. The van der Waals surface area contributed by atoms with Crippen LogP contribution in [0, 0.1) is 11.3 Å². The molecule has 7 rings (SSSR count). The third kappa shape index (κ3) is 4.36. The quantitative estimate of drug-likeness (QED) is 0.479. The van der Waals surface area contributed by atoms with Gasteiger partial charge >= 0.3 is 6.09 Å². The second-order valence-electron chi connectivity index (χ2n) is 11.2. The van der Waals surface area contributed by atoms with Crippen LogP contribution in [0.2, 0.25) is 0 Å². The van der Waals surface area contributed by atoms with Crippen molar-refractivity contribution < 1.29 is 9.53 Å². The highest BCUT2D eigenvalue weighted by atomic mass is 16.6. The number of rotatable bonds is 4. The summed E-state index contributed by atoms with van der Waals surface area (Å²) in [7, 11) is 0. The first-order valence-corrected chi connectivity index (χ1v) is 12.9. The number of hydrogen-bond acceptors (Lipinski definition) is 3. The highest BCUT2D eigenvalue weighted by molar-refractivity contribution is 5.74. The van der Waals surface area contributed by atoms with Gasteiger partial charge in [-0.1, -0.05) is 80.6 Å². The first kappa shape index (κ1) is 22.4. The summed E-state index contributed by atoms with van der Waals surface area (Å²) in [5.41, 5.74) is 7.33. The first-order valence-electron chi connectivity index (χ1n) is 12.9. The predicted molar refractivity (Wildman–Crippen MR) is 140 cm³/mol. The molecule has 4 nitrogen and oxygen atoms in total. The fraction of sp³-hybridized carbons (Fsp3) is 0.387. The molecule has 3 heterocycles. The number of nitrogens with one attached hydrogen (secondary N) is 1. The van der Waals surface area contributed by atoms with Crippen LogP contribution in [0.4, 0.5) is 4.79 Å². The molecule has 3 aromatic rings. The molecule has 4 aliphatic rings. The molecular formula is C31H34N2O2. The second-order valence-corrected chi connectivity index (χ2v) is 11.2. The Hall–Kier alpha value is -3.11. The molecule has 1 unspecified atom stereocenters. The average Bonchev–Trinajstić information content (AvgIpc) is 3.13. The molecule has 0 saturated carbocycles. The second kappa shape index (κ2) is 8.83. The van der Waals surface area contributed by atoms with Crippen LogP contribution in [-0.4, -0.2) is 36.7 Å². The van der Waals surface area contributed by atoms with Crippen LogP contribution < -0.4 is 5.32 Å². The number of carbonyl (C=O) groups excluding carboxylic acids is 1. The lowest BCUT2D eigenvalue weighted by molar-refractivity contribution is -0.0348. The summed E-state index contributed by atoms with van der Waals surface area (Å²) in [6.45, 7) is 7.65. The Morgan fingerprint density at radius 3 is 2.29 bits per heavy atom. The summed E-state index contributed by atoms with van der Waals surface area (Å²) in [6, 6.07) is 25.9. The molecular weight excluding hydrogens is 432 g/mol. The molecule has 1 aliphatic carbocycles. The van der Waals surface area contributed by atoms with Crippen molar-refractivity contribution in [2.75, 3.05) is 19.6 Å². The van der Waals surface area contributed by atoms with E-state index < -0.39 is 0 Å². The SMILES string of the molecule is CC1(C)Cc2cc(-c3cccc(-c4ccccc4)c3)ccc2C1NC(=O)O[C@@H]1CN2CCC1CC2. The maximum absolute atomic E-state index is 12.9. The standard InChI is InChI=1S/C31H34N2O2/c1-31(2)19-26-18-25(24-10-6-9-23(17-24)21-7-4-3-5-8-21)11-12-27(26)29(31)32-30(34)35-28-20-33-15-13-22(28)14-16-33/h3-12,17-18,22,28-29H,13-16,19-20H2,1-2H3,(H,32,34)/t28-,29?/m1/s1. The van der Waals surface area contributed by atoms with Gasteiger partial charge in [0.15, 0.2) is 0 Å². The number of nitrogens with zero attached hydrogens (tertiary/aromatic N) is 1. The summed E-state index contributed by atoms with van der Waals surface area (Å²) in [6.07, 6.45) is 2.97. The van der Waals surface area contributed by atoms with Gasteiger partial charge in [-0.15, -0.1) is 0 Å². The van der Waals surface area contributed by atoms with Crippen molar-refractivity contribution in [2.24, 2.45) is 11.3 Å². The zero-order chi connectivity index (χ0) is 24.0. The zero-order valence-corrected chi connectivity index (χ0v) is 20.7. The van der Waals surface area contributed by atoms with E-state index in [0.29, 0.717) is 5.92 Å².